The summed E-state index contributed by atoms with van der Waals surface area (Å²) in [5.41, 5.74) is 0. The fraction of sp³-hybridized carbons (Fsp3) is 1.00. The molecule has 21 heavy (non-hydrogen) atoms. The summed E-state index contributed by atoms with van der Waals surface area (Å²) in [7, 11) is -3.02. The topological polar surface area (TPSA) is 52.7 Å². The minimum atomic E-state index is -3.02. The fourth-order valence-corrected chi connectivity index (χ4v) is 5.33. The van der Waals surface area contributed by atoms with Gasteiger partial charge in [0.05, 0.1) is 6.26 Å². The van der Waals surface area contributed by atoms with E-state index in [9.17, 15) is 8.42 Å². The Balaban J connectivity index is 1.57. The van der Waals surface area contributed by atoms with Crippen LogP contribution in [0.4, 0.5) is 0 Å². The first-order valence-corrected chi connectivity index (χ1v) is 10.3. The number of nitrogens with zero attached hydrogens (tertiary/aromatic N) is 2. The van der Waals surface area contributed by atoms with E-state index in [0.29, 0.717) is 24.5 Å². The van der Waals surface area contributed by atoms with E-state index >= 15 is 0 Å². The highest BCUT2D eigenvalue weighted by atomic mass is 32.2. The summed E-state index contributed by atoms with van der Waals surface area (Å²) in [6, 6.07) is 1.35. The van der Waals surface area contributed by atoms with E-state index in [1.54, 1.807) is 4.31 Å². The molecule has 3 rings (SSSR count). The van der Waals surface area contributed by atoms with Crippen molar-refractivity contribution >= 4 is 10.0 Å². The molecule has 3 atom stereocenters. The molecule has 0 saturated carbocycles. The summed E-state index contributed by atoms with van der Waals surface area (Å²) in [5.74, 6) is 0.510. The molecule has 0 radical (unpaired) electrons. The van der Waals surface area contributed by atoms with E-state index in [1.165, 1.54) is 51.4 Å². The minimum Gasteiger partial charge on any atom is -0.312 e. The van der Waals surface area contributed by atoms with E-state index < -0.39 is 10.0 Å². The Kier molecular flexibility index (Phi) is 4.88. The second-order valence-corrected chi connectivity index (χ2v) is 9.02. The molecule has 3 fully saturated rings. The molecule has 6 heteroatoms. The summed E-state index contributed by atoms with van der Waals surface area (Å²) in [5, 5.41) is 3.65. The van der Waals surface area contributed by atoms with Crippen LogP contribution in [0, 0.1) is 5.92 Å². The van der Waals surface area contributed by atoms with Gasteiger partial charge < -0.3 is 5.32 Å². The van der Waals surface area contributed by atoms with Crippen molar-refractivity contribution in [3.8, 4) is 0 Å². The summed E-state index contributed by atoms with van der Waals surface area (Å²) in [6.45, 7) is 4.87. The van der Waals surface area contributed by atoms with Crippen LogP contribution >= 0.6 is 0 Å². The summed E-state index contributed by atoms with van der Waals surface area (Å²) in [4.78, 5) is 2.64. The highest BCUT2D eigenvalue weighted by molar-refractivity contribution is 7.88. The van der Waals surface area contributed by atoms with Crippen LogP contribution in [-0.2, 0) is 10.0 Å². The summed E-state index contributed by atoms with van der Waals surface area (Å²) in [6.07, 6.45) is 8.74. The number of hydrogen-bond donors (Lipinski definition) is 1. The quantitative estimate of drug-likeness (QED) is 0.836. The van der Waals surface area contributed by atoms with Crippen molar-refractivity contribution in [1.29, 1.82) is 0 Å². The van der Waals surface area contributed by atoms with E-state index in [4.69, 9.17) is 0 Å². The molecule has 0 bridgehead atoms. The Hall–Kier alpha value is -0.170. The molecule has 0 aromatic carbocycles. The standard InChI is InChI=1S/C15H29N3O2S/c1-21(19,20)18-10-3-5-13(12-18)11-17-9-4-7-15(17)14-6-2-8-16-14/h13-16H,2-12H2,1H3. The van der Waals surface area contributed by atoms with Gasteiger partial charge in [0, 0.05) is 31.7 Å². The van der Waals surface area contributed by atoms with Crippen LogP contribution < -0.4 is 5.32 Å². The van der Waals surface area contributed by atoms with Gasteiger partial charge in [0.1, 0.15) is 0 Å². The van der Waals surface area contributed by atoms with Crippen molar-refractivity contribution < 1.29 is 8.42 Å². The van der Waals surface area contributed by atoms with E-state index in [1.807, 2.05) is 0 Å². The lowest BCUT2D eigenvalue weighted by molar-refractivity contribution is 0.151. The molecule has 0 amide bonds. The highest BCUT2D eigenvalue weighted by Crippen LogP contribution is 2.28. The van der Waals surface area contributed by atoms with Crippen molar-refractivity contribution in [2.45, 2.75) is 50.6 Å². The molecule has 3 unspecified atom stereocenters. The molecule has 3 heterocycles. The van der Waals surface area contributed by atoms with Crippen LogP contribution in [0.15, 0.2) is 0 Å². The van der Waals surface area contributed by atoms with Crippen LogP contribution in [0.25, 0.3) is 0 Å². The van der Waals surface area contributed by atoms with Gasteiger partial charge in [-0.2, -0.15) is 0 Å². The first-order chi connectivity index (χ1) is 10.0. The number of rotatable bonds is 4. The monoisotopic (exact) mass is 315 g/mol. The van der Waals surface area contributed by atoms with Gasteiger partial charge in [0.2, 0.25) is 10.0 Å². The SMILES string of the molecule is CS(=O)(=O)N1CCCC(CN2CCCC2C2CCCN2)C1. The normalized spacial score (nSPS) is 36.3. The molecular formula is C15H29N3O2S. The van der Waals surface area contributed by atoms with Crippen LogP contribution in [-0.4, -0.2) is 68.7 Å². The predicted octanol–water partition coefficient (Wildman–Crippen LogP) is 0.874. The average molecular weight is 315 g/mol. The molecule has 0 aromatic heterocycles. The number of sulfonamides is 1. The van der Waals surface area contributed by atoms with Crippen molar-refractivity contribution in [3.05, 3.63) is 0 Å². The molecule has 1 N–H and O–H groups in total. The smallest absolute Gasteiger partial charge is 0.211 e. The fourth-order valence-electron chi connectivity index (χ4n) is 4.38. The van der Waals surface area contributed by atoms with Gasteiger partial charge in [-0.3, -0.25) is 4.90 Å². The number of nitrogens with one attached hydrogen (secondary N) is 1. The Labute approximate surface area is 129 Å². The lowest BCUT2D eigenvalue weighted by Crippen LogP contribution is -2.48. The van der Waals surface area contributed by atoms with Crippen LogP contribution in [0.1, 0.15) is 38.5 Å². The lowest BCUT2D eigenvalue weighted by atomic mass is 9.97. The first kappa shape index (κ1) is 15.7. The largest absolute Gasteiger partial charge is 0.312 e. The number of hydrogen-bond acceptors (Lipinski definition) is 4. The van der Waals surface area contributed by atoms with Crippen molar-refractivity contribution in [2.75, 3.05) is 39.0 Å². The maximum atomic E-state index is 11.7. The van der Waals surface area contributed by atoms with Gasteiger partial charge in [-0.1, -0.05) is 0 Å². The minimum absolute atomic E-state index is 0.510. The maximum absolute atomic E-state index is 11.7. The van der Waals surface area contributed by atoms with Gasteiger partial charge in [-0.15, -0.1) is 0 Å². The van der Waals surface area contributed by atoms with Gasteiger partial charge in [-0.25, -0.2) is 12.7 Å². The molecule has 3 aliphatic heterocycles. The molecule has 3 aliphatic rings. The second kappa shape index (κ2) is 6.52. The Morgan fingerprint density at radius 3 is 2.62 bits per heavy atom. The maximum Gasteiger partial charge on any atom is 0.211 e. The Morgan fingerprint density at radius 2 is 1.90 bits per heavy atom. The first-order valence-electron chi connectivity index (χ1n) is 8.46. The van der Waals surface area contributed by atoms with Crippen molar-refractivity contribution in [2.24, 2.45) is 5.92 Å². The van der Waals surface area contributed by atoms with Crippen molar-refractivity contribution in [3.63, 3.8) is 0 Å². The molecule has 0 aromatic rings. The predicted molar refractivity (Wildman–Crippen MR) is 84.8 cm³/mol. The number of likely N-dealkylation sites (tertiary alicyclic amines) is 1. The number of piperidine rings is 1. The molecule has 122 valence electrons. The van der Waals surface area contributed by atoms with Gasteiger partial charge >= 0.3 is 0 Å². The van der Waals surface area contributed by atoms with E-state index in [-0.39, 0.29) is 0 Å². The Morgan fingerprint density at radius 1 is 1.10 bits per heavy atom. The zero-order chi connectivity index (χ0) is 14.9. The van der Waals surface area contributed by atoms with E-state index in [0.717, 1.165) is 19.5 Å². The third-order valence-electron chi connectivity index (χ3n) is 5.42. The zero-order valence-electron chi connectivity index (χ0n) is 13.1. The zero-order valence-corrected chi connectivity index (χ0v) is 13.9. The van der Waals surface area contributed by atoms with Crippen LogP contribution in [0.5, 0.6) is 0 Å². The van der Waals surface area contributed by atoms with Crippen LogP contribution in [0.2, 0.25) is 0 Å². The van der Waals surface area contributed by atoms with Crippen LogP contribution in [0.3, 0.4) is 0 Å². The molecular weight excluding hydrogens is 286 g/mol. The third kappa shape index (κ3) is 3.78. The van der Waals surface area contributed by atoms with Gasteiger partial charge in [0.15, 0.2) is 0 Å². The summed E-state index contributed by atoms with van der Waals surface area (Å²) < 4.78 is 25.2. The van der Waals surface area contributed by atoms with Gasteiger partial charge in [0.25, 0.3) is 0 Å². The second-order valence-electron chi connectivity index (χ2n) is 7.04. The molecule has 0 spiro atoms. The third-order valence-corrected chi connectivity index (χ3v) is 6.69. The Bertz CT molecular complexity index is 448. The van der Waals surface area contributed by atoms with Gasteiger partial charge in [-0.05, 0) is 57.5 Å². The highest BCUT2D eigenvalue weighted by Gasteiger charge is 2.35. The summed E-state index contributed by atoms with van der Waals surface area (Å²) >= 11 is 0. The molecule has 3 saturated heterocycles. The van der Waals surface area contributed by atoms with Crippen molar-refractivity contribution in [1.82, 2.24) is 14.5 Å². The molecule has 0 aliphatic carbocycles. The lowest BCUT2D eigenvalue weighted by Gasteiger charge is -2.36. The molecule has 5 nitrogen and oxygen atoms in total. The van der Waals surface area contributed by atoms with E-state index in [2.05, 4.69) is 10.2 Å². The average Bonchev–Trinajstić information content (AvgIpc) is 3.08.